The van der Waals surface area contributed by atoms with Crippen molar-refractivity contribution in [2.75, 3.05) is 25.5 Å². The monoisotopic (exact) mass is 362 g/mol. The van der Waals surface area contributed by atoms with E-state index in [2.05, 4.69) is 57.5 Å². The summed E-state index contributed by atoms with van der Waals surface area (Å²) in [4.78, 5) is 11.5. The van der Waals surface area contributed by atoms with Crippen LogP contribution in [0.4, 0.5) is 5.95 Å². The Kier molecular flexibility index (Phi) is 5.16. The summed E-state index contributed by atoms with van der Waals surface area (Å²) in [7, 11) is 2.21. The molecule has 2 aromatic heterocycles. The van der Waals surface area contributed by atoms with Crippen LogP contribution < -0.4 is 5.32 Å². The highest BCUT2D eigenvalue weighted by molar-refractivity contribution is 5.58. The molecule has 1 aromatic carbocycles. The maximum atomic E-state index is 4.66. The van der Waals surface area contributed by atoms with Gasteiger partial charge in [-0.3, -0.25) is 0 Å². The Morgan fingerprint density at radius 3 is 3.00 bits per heavy atom. The Balaban J connectivity index is 1.43. The molecule has 1 aliphatic rings. The quantitative estimate of drug-likeness (QED) is 0.727. The zero-order valence-electron chi connectivity index (χ0n) is 16.0. The zero-order valence-corrected chi connectivity index (χ0v) is 16.0. The summed E-state index contributed by atoms with van der Waals surface area (Å²) in [5.41, 5.74) is 4.13. The molecule has 0 saturated carbocycles. The number of aryl methyl sites for hydroxylation is 1. The molecule has 4 rings (SSSR count). The third kappa shape index (κ3) is 4.17. The molecule has 6 heteroatoms. The van der Waals surface area contributed by atoms with Gasteiger partial charge in [0.1, 0.15) is 0 Å². The molecular weight excluding hydrogens is 336 g/mol. The van der Waals surface area contributed by atoms with E-state index in [4.69, 9.17) is 0 Å². The topological polar surface area (TPSA) is 58.9 Å². The second kappa shape index (κ2) is 7.88. The Labute approximate surface area is 160 Å². The normalized spacial score (nSPS) is 17.3. The number of anilines is 1. The summed E-state index contributed by atoms with van der Waals surface area (Å²) in [5, 5.41) is 7.86. The first-order valence-corrected chi connectivity index (χ1v) is 9.58. The highest BCUT2D eigenvalue weighted by Crippen LogP contribution is 2.20. The Morgan fingerprint density at radius 2 is 2.19 bits per heavy atom. The number of benzene rings is 1. The van der Waals surface area contributed by atoms with Crippen LogP contribution in [-0.4, -0.2) is 50.8 Å². The summed E-state index contributed by atoms with van der Waals surface area (Å²) in [6, 6.07) is 10.9. The van der Waals surface area contributed by atoms with Crippen molar-refractivity contribution >= 4 is 5.95 Å². The van der Waals surface area contributed by atoms with Crippen LogP contribution in [0.3, 0.4) is 0 Å². The second-order valence-electron chi connectivity index (χ2n) is 7.27. The van der Waals surface area contributed by atoms with Gasteiger partial charge in [-0.15, -0.1) is 0 Å². The van der Waals surface area contributed by atoms with Crippen LogP contribution >= 0.6 is 0 Å². The van der Waals surface area contributed by atoms with Gasteiger partial charge in [-0.25, -0.2) is 14.6 Å². The summed E-state index contributed by atoms with van der Waals surface area (Å²) in [5.74, 6) is 0.677. The first-order valence-electron chi connectivity index (χ1n) is 9.58. The fraction of sp³-hybridized carbons (Fsp3) is 0.381. The van der Waals surface area contributed by atoms with Gasteiger partial charge in [-0.1, -0.05) is 12.1 Å². The fourth-order valence-corrected chi connectivity index (χ4v) is 3.67. The van der Waals surface area contributed by atoms with E-state index in [1.54, 1.807) is 6.20 Å². The summed E-state index contributed by atoms with van der Waals surface area (Å²) >= 11 is 0. The van der Waals surface area contributed by atoms with Crippen molar-refractivity contribution in [2.45, 2.75) is 32.2 Å². The average Bonchev–Trinajstić information content (AvgIpc) is 3.32. The first kappa shape index (κ1) is 17.7. The molecule has 0 radical (unpaired) electrons. The molecule has 6 nitrogen and oxygen atoms in total. The molecule has 1 aliphatic heterocycles. The minimum absolute atomic E-state index is 0.674. The Hall–Kier alpha value is -2.73. The van der Waals surface area contributed by atoms with Gasteiger partial charge in [0.15, 0.2) is 0 Å². The van der Waals surface area contributed by atoms with E-state index in [1.165, 1.54) is 24.9 Å². The number of nitrogens with zero attached hydrogens (tertiary/aromatic N) is 5. The van der Waals surface area contributed by atoms with Crippen LogP contribution in [0.15, 0.2) is 48.9 Å². The van der Waals surface area contributed by atoms with E-state index in [0.717, 1.165) is 29.9 Å². The average molecular weight is 362 g/mol. The molecule has 140 valence electrons. The van der Waals surface area contributed by atoms with Gasteiger partial charge in [0.25, 0.3) is 0 Å². The van der Waals surface area contributed by atoms with Gasteiger partial charge in [0.2, 0.25) is 5.95 Å². The highest BCUT2D eigenvalue weighted by atomic mass is 15.3. The highest BCUT2D eigenvalue weighted by Gasteiger charge is 2.20. The van der Waals surface area contributed by atoms with Crippen molar-refractivity contribution in [3.63, 3.8) is 0 Å². The van der Waals surface area contributed by atoms with Crippen LogP contribution in [0.5, 0.6) is 0 Å². The third-order valence-electron chi connectivity index (χ3n) is 5.23. The molecule has 3 heterocycles. The second-order valence-corrected chi connectivity index (χ2v) is 7.27. The Bertz CT molecular complexity index is 903. The zero-order chi connectivity index (χ0) is 18.6. The molecular formula is C21H26N6. The lowest BCUT2D eigenvalue weighted by molar-refractivity contribution is 0.301. The van der Waals surface area contributed by atoms with Crippen LogP contribution in [0.2, 0.25) is 0 Å². The van der Waals surface area contributed by atoms with Crippen LogP contribution in [0, 0.1) is 6.92 Å². The molecule has 27 heavy (non-hydrogen) atoms. The van der Waals surface area contributed by atoms with Crippen molar-refractivity contribution < 1.29 is 0 Å². The number of aromatic nitrogens is 4. The summed E-state index contributed by atoms with van der Waals surface area (Å²) in [6.07, 6.45) is 9.37. The van der Waals surface area contributed by atoms with Crippen molar-refractivity contribution in [1.82, 2.24) is 24.6 Å². The van der Waals surface area contributed by atoms with Crippen molar-refractivity contribution in [3.8, 4) is 16.9 Å². The number of hydrogen-bond donors (Lipinski definition) is 1. The maximum Gasteiger partial charge on any atom is 0.223 e. The largest absolute Gasteiger partial charge is 0.354 e. The first-order chi connectivity index (χ1) is 13.2. The SMILES string of the molecule is Cc1cccc(-n2cc(-c3ccnc(NCCC4CCCN4C)n3)cn2)c1. The van der Waals surface area contributed by atoms with E-state index < -0.39 is 0 Å². The van der Waals surface area contributed by atoms with Gasteiger partial charge in [0.05, 0.1) is 17.6 Å². The standard InChI is InChI=1S/C21H26N6/c1-16-5-3-6-19(13-16)27-15-17(14-24-27)20-9-11-23-21(25-20)22-10-8-18-7-4-12-26(18)2/h3,5-6,9,11,13-15,18H,4,7-8,10,12H2,1-2H3,(H,22,23,25). The lowest BCUT2D eigenvalue weighted by Gasteiger charge is -2.19. The van der Waals surface area contributed by atoms with E-state index in [-0.39, 0.29) is 0 Å². The molecule has 1 saturated heterocycles. The summed E-state index contributed by atoms with van der Waals surface area (Å²) in [6.45, 7) is 4.18. The van der Waals surface area contributed by atoms with E-state index >= 15 is 0 Å². The number of nitrogens with one attached hydrogen (secondary N) is 1. The van der Waals surface area contributed by atoms with Gasteiger partial charge in [0, 0.05) is 30.5 Å². The third-order valence-corrected chi connectivity index (χ3v) is 5.23. The van der Waals surface area contributed by atoms with Crippen molar-refractivity contribution in [3.05, 3.63) is 54.5 Å². The molecule has 0 aliphatic carbocycles. The predicted octanol–water partition coefficient (Wildman–Crippen LogP) is 3.53. The number of hydrogen-bond acceptors (Lipinski definition) is 5. The molecule has 3 aromatic rings. The van der Waals surface area contributed by atoms with Gasteiger partial charge < -0.3 is 10.2 Å². The summed E-state index contributed by atoms with van der Waals surface area (Å²) < 4.78 is 1.88. The van der Waals surface area contributed by atoms with Crippen LogP contribution in [-0.2, 0) is 0 Å². The van der Waals surface area contributed by atoms with Crippen LogP contribution in [0.25, 0.3) is 16.9 Å². The fourth-order valence-electron chi connectivity index (χ4n) is 3.67. The van der Waals surface area contributed by atoms with Gasteiger partial charge >= 0.3 is 0 Å². The number of rotatable bonds is 6. The molecule has 1 unspecified atom stereocenters. The minimum atomic E-state index is 0.674. The minimum Gasteiger partial charge on any atom is -0.354 e. The van der Waals surface area contributed by atoms with Gasteiger partial charge in [-0.05, 0) is 63.5 Å². The maximum absolute atomic E-state index is 4.66. The van der Waals surface area contributed by atoms with Crippen molar-refractivity contribution in [1.29, 1.82) is 0 Å². The number of likely N-dealkylation sites (tertiary alicyclic amines) is 1. The van der Waals surface area contributed by atoms with Gasteiger partial charge in [-0.2, -0.15) is 5.10 Å². The lowest BCUT2D eigenvalue weighted by atomic mass is 10.1. The van der Waals surface area contributed by atoms with E-state index in [0.29, 0.717) is 12.0 Å². The van der Waals surface area contributed by atoms with Crippen LogP contribution in [0.1, 0.15) is 24.8 Å². The predicted molar refractivity (Wildman–Crippen MR) is 108 cm³/mol. The van der Waals surface area contributed by atoms with E-state index in [1.807, 2.05) is 29.2 Å². The van der Waals surface area contributed by atoms with Crippen molar-refractivity contribution in [2.24, 2.45) is 0 Å². The Morgan fingerprint density at radius 1 is 1.26 bits per heavy atom. The van der Waals surface area contributed by atoms with E-state index in [9.17, 15) is 0 Å². The molecule has 1 atom stereocenters. The molecule has 1 N–H and O–H groups in total. The molecule has 0 amide bonds. The lowest BCUT2D eigenvalue weighted by Crippen LogP contribution is -2.27. The molecule has 1 fully saturated rings. The smallest absolute Gasteiger partial charge is 0.223 e. The molecule has 0 spiro atoms. The molecule has 0 bridgehead atoms.